The molecule has 0 saturated carbocycles. The summed E-state index contributed by atoms with van der Waals surface area (Å²) in [6.07, 6.45) is 0. The number of aryl methyl sites for hydroxylation is 1. The van der Waals surface area contributed by atoms with E-state index in [1.165, 1.54) is 39.8 Å². The van der Waals surface area contributed by atoms with Crippen molar-refractivity contribution in [3.63, 3.8) is 0 Å². The molecule has 1 unspecified atom stereocenters. The fraction of sp³-hybridized carbons (Fsp3) is 0.364. The predicted molar refractivity (Wildman–Crippen MR) is 121 cm³/mol. The minimum Gasteiger partial charge on any atom is -0.493 e. The van der Waals surface area contributed by atoms with Gasteiger partial charge in [-0.2, -0.15) is 10.2 Å². The molecule has 0 aliphatic rings. The Bertz CT molecular complexity index is 1190. The molecule has 174 valence electrons. The molecule has 1 amide bonds. The number of nitrogens with zero attached hydrogens (tertiary/aromatic N) is 3. The van der Waals surface area contributed by atoms with E-state index in [0.29, 0.717) is 55.2 Å². The first-order chi connectivity index (χ1) is 15.9. The van der Waals surface area contributed by atoms with Crippen molar-refractivity contribution in [2.24, 2.45) is 0 Å². The highest BCUT2D eigenvalue weighted by Gasteiger charge is 2.25. The lowest BCUT2D eigenvalue weighted by atomic mass is 10.1. The van der Waals surface area contributed by atoms with E-state index in [-0.39, 0.29) is 6.61 Å². The van der Waals surface area contributed by atoms with Crippen LogP contribution in [-0.4, -0.2) is 51.4 Å². The molecule has 11 heteroatoms. The fourth-order valence-electron chi connectivity index (χ4n) is 3.36. The summed E-state index contributed by atoms with van der Waals surface area (Å²) in [5, 5.41) is 13.2. The molecular formula is C22H24N4O6S. The maximum atomic E-state index is 13.2. The Balaban J connectivity index is 1.99. The quantitative estimate of drug-likeness (QED) is 0.500. The lowest BCUT2D eigenvalue weighted by molar-refractivity contribution is 0.0948. The number of rotatable bonds is 9. The van der Waals surface area contributed by atoms with Gasteiger partial charge in [0.25, 0.3) is 5.91 Å². The second-order valence-electron chi connectivity index (χ2n) is 6.81. The van der Waals surface area contributed by atoms with Crippen molar-refractivity contribution in [3.8, 4) is 29.2 Å². The van der Waals surface area contributed by atoms with Crippen LogP contribution in [0.5, 0.6) is 23.1 Å². The summed E-state index contributed by atoms with van der Waals surface area (Å²) in [6.45, 7) is 2.00. The lowest BCUT2D eigenvalue weighted by Crippen LogP contribution is -2.27. The molecule has 0 radical (unpaired) electrons. The number of nitrogens with one attached hydrogen (secondary N) is 1. The molecule has 33 heavy (non-hydrogen) atoms. The van der Waals surface area contributed by atoms with Gasteiger partial charge in [0.1, 0.15) is 17.5 Å². The van der Waals surface area contributed by atoms with Gasteiger partial charge in [-0.1, -0.05) is 0 Å². The number of carbonyl (C=O) groups is 1. The zero-order valence-corrected chi connectivity index (χ0v) is 20.0. The standard InChI is InChI=1S/C22H24N4O6S/c1-11-17-21(32-6)25-16(10-28-2)26-22(17)33-19(11)20(27)24-13(9-23)12-7-14(29-3)18(31-5)15(8-12)30-4/h7-8,13H,10H2,1-6H3,(H,24,27). The van der Waals surface area contributed by atoms with Crippen molar-refractivity contribution < 1.29 is 28.5 Å². The van der Waals surface area contributed by atoms with Crippen molar-refractivity contribution in [3.05, 3.63) is 34.0 Å². The lowest BCUT2D eigenvalue weighted by Gasteiger charge is -2.17. The first-order valence-corrected chi connectivity index (χ1v) is 10.6. The molecule has 3 rings (SSSR count). The van der Waals surface area contributed by atoms with Gasteiger partial charge in [-0.3, -0.25) is 4.79 Å². The van der Waals surface area contributed by atoms with Gasteiger partial charge in [0, 0.05) is 7.11 Å². The number of amides is 1. The molecule has 0 fully saturated rings. The molecule has 1 atom stereocenters. The number of thiophene rings is 1. The molecule has 2 heterocycles. The maximum absolute atomic E-state index is 13.2. The van der Waals surface area contributed by atoms with Gasteiger partial charge < -0.3 is 29.0 Å². The number of fused-ring (bicyclic) bond motifs is 1. The van der Waals surface area contributed by atoms with E-state index in [9.17, 15) is 10.1 Å². The molecule has 1 aromatic carbocycles. The highest BCUT2D eigenvalue weighted by atomic mass is 32.1. The van der Waals surface area contributed by atoms with E-state index in [2.05, 4.69) is 21.4 Å². The number of hydrogen-bond donors (Lipinski definition) is 1. The van der Waals surface area contributed by atoms with Crippen LogP contribution in [0.2, 0.25) is 0 Å². The second-order valence-corrected chi connectivity index (χ2v) is 7.81. The topological polar surface area (TPSA) is 125 Å². The third-order valence-electron chi connectivity index (χ3n) is 4.90. The van der Waals surface area contributed by atoms with Crippen LogP contribution in [0.3, 0.4) is 0 Å². The van der Waals surface area contributed by atoms with Gasteiger partial charge in [-0.25, -0.2) is 4.98 Å². The first kappa shape index (κ1) is 24.0. The highest BCUT2D eigenvalue weighted by molar-refractivity contribution is 7.20. The molecule has 2 aromatic heterocycles. The molecule has 1 N–H and O–H groups in total. The maximum Gasteiger partial charge on any atom is 0.263 e. The number of aromatic nitrogens is 2. The van der Waals surface area contributed by atoms with E-state index >= 15 is 0 Å². The van der Waals surface area contributed by atoms with Crippen LogP contribution in [0.15, 0.2) is 12.1 Å². The third kappa shape index (κ3) is 4.62. The third-order valence-corrected chi connectivity index (χ3v) is 6.09. The molecule has 0 saturated heterocycles. The summed E-state index contributed by atoms with van der Waals surface area (Å²) in [5.74, 6) is 1.54. The Kier molecular flexibility index (Phi) is 7.52. The molecule has 0 aliphatic carbocycles. The Labute approximate surface area is 195 Å². The Morgan fingerprint density at radius 2 is 1.76 bits per heavy atom. The summed E-state index contributed by atoms with van der Waals surface area (Å²) in [4.78, 5) is 23.0. The summed E-state index contributed by atoms with van der Waals surface area (Å²) < 4.78 is 26.6. The van der Waals surface area contributed by atoms with Crippen LogP contribution < -0.4 is 24.3 Å². The fourth-order valence-corrected chi connectivity index (χ4v) is 4.45. The molecule has 0 aliphatic heterocycles. The average Bonchev–Trinajstić information content (AvgIpc) is 3.17. The van der Waals surface area contributed by atoms with Crippen molar-refractivity contribution in [2.45, 2.75) is 19.6 Å². The number of carbonyl (C=O) groups excluding carboxylic acids is 1. The molecule has 3 aromatic rings. The van der Waals surface area contributed by atoms with Crippen LogP contribution in [-0.2, 0) is 11.3 Å². The van der Waals surface area contributed by atoms with Crippen LogP contribution in [0.25, 0.3) is 10.2 Å². The predicted octanol–water partition coefficient (Wildman–Crippen LogP) is 3.18. The first-order valence-electron chi connectivity index (χ1n) is 9.75. The minimum atomic E-state index is -0.965. The van der Waals surface area contributed by atoms with Crippen molar-refractivity contribution in [2.75, 3.05) is 35.5 Å². The summed E-state index contributed by atoms with van der Waals surface area (Å²) in [7, 11) is 7.50. The summed E-state index contributed by atoms with van der Waals surface area (Å²) in [6, 6.07) is 4.40. The average molecular weight is 473 g/mol. The van der Waals surface area contributed by atoms with Gasteiger partial charge in [-0.15, -0.1) is 11.3 Å². The van der Waals surface area contributed by atoms with Crippen molar-refractivity contribution >= 4 is 27.5 Å². The van der Waals surface area contributed by atoms with Gasteiger partial charge in [0.05, 0.1) is 44.8 Å². The number of methoxy groups -OCH3 is 5. The summed E-state index contributed by atoms with van der Waals surface area (Å²) in [5.41, 5.74) is 1.15. The molecule has 0 bridgehead atoms. The Hall–Kier alpha value is -3.62. The number of benzene rings is 1. The van der Waals surface area contributed by atoms with E-state index in [1.807, 2.05) is 0 Å². The van der Waals surface area contributed by atoms with Crippen LogP contribution in [0, 0.1) is 18.3 Å². The minimum absolute atomic E-state index is 0.211. The Morgan fingerprint density at radius 1 is 1.09 bits per heavy atom. The smallest absolute Gasteiger partial charge is 0.263 e. The zero-order valence-electron chi connectivity index (χ0n) is 19.1. The van der Waals surface area contributed by atoms with Gasteiger partial charge in [0.2, 0.25) is 11.6 Å². The van der Waals surface area contributed by atoms with Crippen molar-refractivity contribution in [1.29, 1.82) is 5.26 Å². The van der Waals surface area contributed by atoms with E-state index in [1.54, 1.807) is 26.2 Å². The second kappa shape index (κ2) is 10.3. The summed E-state index contributed by atoms with van der Waals surface area (Å²) >= 11 is 1.19. The molecule has 0 spiro atoms. The monoisotopic (exact) mass is 472 g/mol. The SMILES string of the molecule is COCc1nc(OC)c2c(C)c(C(=O)NC(C#N)c3cc(OC)c(OC)c(OC)c3)sc2n1. The molecular weight excluding hydrogens is 448 g/mol. The largest absolute Gasteiger partial charge is 0.493 e. The van der Waals surface area contributed by atoms with E-state index < -0.39 is 11.9 Å². The normalized spacial score (nSPS) is 11.5. The van der Waals surface area contributed by atoms with Crippen LogP contribution >= 0.6 is 11.3 Å². The Morgan fingerprint density at radius 3 is 2.27 bits per heavy atom. The van der Waals surface area contributed by atoms with Crippen LogP contribution in [0.4, 0.5) is 0 Å². The zero-order chi connectivity index (χ0) is 24.1. The van der Waals surface area contributed by atoms with E-state index in [0.717, 1.165) is 0 Å². The van der Waals surface area contributed by atoms with Gasteiger partial charge in [0.15, 0.2) is 17.3 Å². The number of hydrogen-bond acceptors (Lipinski definition) is 10. The highest BCUT2D eigenvalue weighted by Crippen LogP contribution is 2.40. The van der Waals surface area contributed by atoms with Gasteiger partial charge in [-0.05, 0) is 30.2 Å². The van der Waals surface area contributed by atoms with E-state index in [4.69, 9.17) is 23.7 Å². The van der Waals surface area contributed by atoms with Crippen LogP contribution in [0.1, 0.15) is 32.7 Å². The van der Waals surface area contributed by atoms with Crippen molar-refractivity contribution in [1.82, 2.24) is 15.3 Å². The molecule has 10 nitrogen and oxygen atoms in total. The number of ether oxygens (including phenoxy) is 5. The number of nitriles is 1. The van der Waals surface area contributed by atoms with Gasteiger partial charge >= 0.3 is 0 Å².